The zero-order valence-electron chi connectivity index (χ0n) is 24.8. The fourth-order valence-electron chi connectivity index (χ4n) is 5.35. The number of ether oxygens (including phenoxy) is 1. The number of halogens is 1. The Bertz CT molecular complexity index is 2000. The number of hydrogen-bond donors (Lipinski definition) is 3. The molecule has 0 radical (unpaired) electrons. The Morgan fingerprint density at radius 3 is 2.57 bits per heavy atom. The second-order valence-corrected chi connectivity index (χ2v) is 13.3. The summed E-state index contributed by atoms with van der Waals surface area (Å²) in [5, 5.41) is 11.1. The molecule has 0 aliphatic carbocycles. The lowest BCUT2D eigenvalue weighted by molar-refractivity contribution is 0.416. The Balaban J connectivity index is 1.40. The van der Waals surface area contributed by atoms with Crippen LogP contribution in [0.1, 0.15) is 19.5 Å². The van der Waals surface area contributed by atoms with E-state index in [9.17, 15) is 8.42 Å². The summed E-state index contributed by atoms with van der Waals surface area (Å²) in [7, 11) is -0.0276. The summed E-state index contributed by atoms with van der Waals surface area (Å²) >= 11 is 3.51. The topological polar surface area (TPSA) is 152 Å². The molecule has 0 saturated heterocycles. The highest BCUT2D eigenvalue weighted by atomic mass is 79.9. The molecular weight excluding hydrogens is 648 g/mol. The fourth-order valence-corrected chi connectivity index (χ4v) is 6.22. The zero-order valence-corrected chi connectivity index (χ0v) is 27.2. The molecule has 0 amide bonds. The van der Waals surface area contributed by atoms with E-state index < -0.39 is 10.0 Å². The highest BCUT2D eigenvalue weighted by molar-refractivity contribution is 9.10. The van der Waals surface area contributed by atoms with Crippen molar-refractivity contribution in [1.82, 2.24) is 29.7 Å². The Hall–Kier alpha value is -4.50. The number of hydrogen-bond acceptors (Lipinski definition) is 11. The molecule has 0 bridgehead atoms. The summed E-state index contributed by atoms with van der Waals surface area (Å²) in [6.07, 6.45) is 8.51. The first-order valence-electron chi connectivity index (χ1n) is 13.8. The molecule has 0 fully saturated rings. The van der Waals surface area contributed by atoms with E-state index in [0.717, 1.165) is 41.7 Å². The number of methoxy groups -OCH3 is 1. The smallest absolute Gasteiger partial charge is 0.229 e. The van der Waals surface area contributed by atoms with Gasteiger partial charge in [-0.15, -0.1) is 0 Å². The second-order valence-electron chi connectivity index (χ2n) is 10.7. The van der Waals surface area contributed by atoms with Gasteiger partial charge in [-0.2, -0.15) is 10.1 Å². The number of anilines is 6. The van der Waals surface area contributed by atoms with Crippen LogP contribution < -0.4 is 25.0 Å². The monoisotopic (exact) mass is 678 g/mol. The number of fused-ring (bicyclic) bond motifs is 4. The van der Waals surface area contributed by atoms with E-state index in [0.29, 0.717) is 44.4 Å². The summed E-state index contributed by atoms with van der Waals surface area (Å²) in [6, 6.07) is 7.83. The molecule has 15 heteroatoms. The van der Waals surface area contributed by atoms with Gasteiger partial charge >= 0.3 is 0 Å². The van der Waals surface area contributed by atoms with Crippen LogP contribution in [0.15, 0.2) is 53.5 Å². The van der Waals surface area contributed by atoms with E-state index in [1.807, 2.05) is 30.1 Å². The van der Waals surface area contributed by atoms with E-state index in [-0.39, 0.29) is 11.7 Å². The fraction of sp³-hybridized carbons (Fsp3) is 0.276. The average Bonchev–Trinajstić information content (AvgIpc) is 3.26. The van der Waals surface area contributed by atoms with Gasteiger partial charge in [-0.25, -0.2) is 13.4 Å². The van der Waals surface area contributed by atoms with Gasteiger partial charge in [-0.1, -0.05) is 0 Å². The number of benzene rings is 2. The van der Waals surface area contributed by atoms with Crippen molar-refractivity contribution in [2.24, 2.45) is 7.05 Å². The molecule has 5 aromatic rings. The van der Waals surface area contributed by atoms with Crippen LogP contribution in [0, 0.1) is 0 Å². The maximum atomic E-state index is 12.2. The number of sulfonamides is 1. The molecule has 3 N–H and O–H groups in total. The van der Waals surface area contributed by atoms with Crippen molar-refractivity contribution in [3.63, 3.8) is 0 Å². The molecule has 0 unspecified atom stereocenters. The van der Waals surface area contributed by atoms with Gasteiger partial charge in [0, 0.05) is 73.2 Å². The molecule has 3 aromatic heterocycles. The second kappa shape index (κ2) is 11.5. The van der Waals surface area contributed by atoms with Crippen LogP contribution in [0.3, 0.4) is 0 Å². The van der Waals surface area contributed by atoms with Crippen LogP contribution in [-0.2, 0) is 23.5 Å². The largest absolute Gasteiger partial charge is 0.494 e. The van der Waals surface area contributed by atoms with Crippen molar-refractivity contribution < 1.29 is 13.2 Å². The molecule has 44 heavy (non-hydrogen) atoms. The molecular formula is C29H31BrN10O3S. The highest BCUT2D eigenvalue weighted by Crippen LogP contribution is 2.44. The molecule has 228 valence electrons. The summed E-state index contributed by atoms with van der Waals surface area (Å²) < 4.78 is 35.4. The lowest BCUT2D eigenvalue weighted by Gasteiger charge is -2.30. The third-order valence-corrected chi connectivity index (χ3v) is 8.52. The van der Waals surface area contributed by atoms with Crippen molar-refractivity contribution in [1.29, 1.82) is 0 Å². The molecule has 1 aliphatic heterocycles. The molecule has 0 atom stereocenters. The molecule has 0 spiro atoms. The van der Waals surface area contributed by atoms with E-state index in [4.69, 9.17) is 9.72 Å². The Morgan fingerprint density at radius 2 is 1.82 bits per heavy atom. The van der Waals surface area contributed by atoms with Crippen molar-refractivity contribution in [3.05, 3.63) is 59.2 Å². The quantitative estimate of drug-likeness (QED) is 0.198. The van der Waals surface area contributed by atoms with Crippen LogP contribution >= 0.6 is 15.9 Å². The maximum absolute atomic E-state index is 12.2. The molecule has 4 heterocycles. The number of aryl methyl sites for hydroxylation is 1. The predicted molar refractivity (Wildman–Crippen MR) is 176 cm³/mol. The van der Waals surface area contributed by atoms with Crippen LogP contribution in [0.2, 0.25) is 0 Å². The van der Waals surface area contributed by atoms with Gasteiger partial charge < -0.3 is 20.3 Å². The van der Waals surface area contributed by atoms with Gasteiger partial charge in [0.05, 0.1) is 46.6 Å². The first-order valence-corrected chi connectivity index (χ1v) is 16.5. The lowest BCUT2D eigenvalue weighted by Crippen LogP contribution is -2.32. The van der Waals surface area contributed by atoms with Gasteiger partial charge in [0.2, 0.25) is 16.0 Å². The SMILES string of the molecule is COc1cc2c(cc1Nc1ncc(Br)c(Nc3ccc4nccnc4c3NS(C)(=O)=O)n1)-c1cnn(C)c1CCN2C(C)C. The summed E-state index contributed by atoms with van der Waals surface area (Å²) in [5.74, 6) is 1.33. The van der Waals surface area contributed by atoms with Gasteiger partial charge in [-0.05, 0) is 48.0 Å². The first-order chi connectivity index (χ1) is 21.0. The van der Waals surface area contributed by atoms with E-state index >= 15 is 0 Å². The molecule has 2 aromatic carbocycles. The minimum atomic E-state index is -3.63. The van der Waals surface area contributed by atoms with Crippen LogP contribution in [0.5, 0.6) is 5.75 Å². The van der Waals surface area contributed by atoms with Crippen molar-refractivity contribution in [2.45, 2.75) is 26.3 Å². The van der Waals surface area contributed by atoms with Crippen LogP contribution in [-0.4, -0.2) is 64.1 Å². The first kappa shape index (κ1) is 29.6. The van der Waals surface area contributed by atoms with Crippen LogP contribution in [0.25, 0.3) is 22.2 Å². The Kier molecular flexibility index (Phi) is 7.75. The number of nitrogens with one attached hydrogen (secondary N) is 3. The summed E-state index contributed by atoms with van der Waals surface area (Å²) in [6.45, 7) is 5.22. The maximum Gasteiger partial charge on any atom is 0.229 e. The third kappa shape index (κ3) is 5.71. The zero-order chi connectivity index (χ0) is 31.2. The molecule has 6 rings (SSSR count). The van der Waals surface area contributed by atoms with E-state index in [1.165, 1.54) is 6.20 Å². The van der Waals surface area contributed by atoms with Gasteiger partial charge in [0.25, 0.3) is 0 Å². The van der Waals surface area contributed by atoms with Gasteiger partial charge in [0.15, 0.2) is 0 Å². The number of nitrogens with zero attached hydrogens (tertiary/aromatic N) is 7. The molecule has 0 saturated carbocycles. The standard InChI is InChI=1S/C29H31BrN10O3S/c1-16(2)40-11-8-23-18(14-34-39(23)3)17-12-22(25(43-4)13-24(17)40)36-29-33-15-19(30)28(37-29)35-21-7-6-20-26(32-10-9-31-20)27(21)38-44(5,41)42/h6-7,9-10,12-16,38H,8,11H2,1-5H3,(H2,33,35,36,37). The number of rotatable bonds is 8. The van der Waals surface area contributed by atoms with Crippen LogP contribution in [0.4, 0.5) is 34.5 Å². The third-order valence-electron chi connectivity index (χ3n) is 7.36. The lowest BCUT2D eigenvalue weighted by atomic mass is 10.0. The average molecular weight is 680 g/mol. The van der Waals surface area contributed by atoms with Crippen molar-refractivity contribution in [2.75, 3.05) is 40.2 Å². The Morgan fingerprint density at radius 1 is 1.02 bits per heavy atom. The summed E-state index contributed by atoms with van der Waals surface area (Å²) in [4.78, 5) is 20.2. The van der Waals surface area contributed by atoms with Gasteiger partial charge in [0.1, 0.15) is 17.1 Å². The normalized spacial score (nSPS) is 12.9. The molecule has 13 nitrogen and oxygen atoms in total. The minimum Gasteiger partial charge on any atom is -0.494 e. The number of aromatic nitrogens is 6. The van der Waals surface area contributed by atoms with Gasteiger partial charge in [-0.3, -0.25) is 19.4 Å². The predicted octanol–water partition coefficient (Wildman–Crippen LogP) is 5.22. The molecule has 1 aliphatic rings. The van der Waals surface area contributed by atoms with Crippen molar-refractivity contribution in [3.8, 4) is 16.9 Å². The van der Waals surface area contributed by atoms with E-state index in [2.05, 4.69) is 70.1 Å². The van der Waals surface area contributed by atoms with E-state index in [1.54, 1.807) is 31.6 Å². The van der Waals surface area contributed by atoms with Crippen molar-refractivity contribution >= 4 is 71.5 Å². The minimum absolute atomic E-state index is 0.257. The summed E-state index contributed by atoms with van der Waals surface area (Å²) in [5.41, 5.74) is 6.64. The highest BCUT2D eigenvalue weighted by Gasteiger charge is 2.26. The Labute approximate surface area is 263 Å².